The number of hydrogen-bond acceptors (Lipinski definition) is 5. The fourth-order valence-corrected chi connectivity index (χ4v) is 2.45. The molecule has 0 fully saturated rings. The Morgan fingerprint density at radius 1 is 1.41 bits per heavy atom. The van der Waals surface area contributed by atoms with Crippen molar-refractivity contribution in [3.63, 3.8) is 0 Å². The number of halogens is 1. The van der Waals surface area contributed by atoms with Crippen LogP contribution in [0.4, 0.5) is 11.5 Å². The minimum absolute atomic E-state index is 0.0440. The van der Waals surface area contributed by atoms with Gasteiger partial charge in [0, 0.05) is 6.20 Å². The van der Waals surface area contributed by atoms with Crippen molar-refractivity contribution in [3.05, 3.63) is 29.7 Å². The molecule has 2 aromatic rings. The molecule has 90 valence electrons. The molecule has 0 aromatic carbocycles. The van der Waals surface area contributed by atoms with Gasteiger partial charge in [0.15, 0.2) is 0 Å². The van der Waals surface area contributed by atoms with Gasteiger partial charge in [-0.25, -0.2) is 8.42 Å². The van der Waals surface area contributed by atoms with Gasteiger partial charge in [0.05, 0.1) is 23.1 Å². The number of aromatic amines is 1. The lowest BCUT2D eigenvalue weighted by molar-refractivity contribution is 0.601. The molecule has 0 radical (unpaired) electrons. The number of rotatable bonds is 3. The molecule has 0 aliphatic rings. The third-order valence-electron chi connectivity index (χ3n) is 1.93. The highest BCUT2D eigenvalue weighted by atomic mass is 35.5. The van der Waals surface area contributed by atoms with Crippen LogP contribution in [0.15, 0.2) is 29.6 Å². The van der Waals surface area contributed by atoms with Crippen LogP contribution in [-0.4, -0.2) is 23.6 Å². The van der Waals surface area contributed by atoms with Crippen molar-refractivity contribution in [2.75, 3.05) is 10.5 Å². The zero-order chi connectivity index (χ0) is 12.5. The van der Waals surface area contributed by atoms with Crippen molar-refractivity contribution in [3.8, 4) is 0 Å². The number of H-pyrrole nitrogens is 1. The van der Waals surface area contributed by atoms with Gasteiger partial charge < -0.3 is 5.73 Å². The smallest absolute Gasteiger partial charge is 0.267 e. The Labute approximate surface area is 102 Å². The molecule has 0 saturated carbocycles. The Hall–Kier alpha value is -1.80. The molecule has 17 heavy (non-hydrogen) atoms. The van der Waals surface area contributed by atoms with Gasteiger partial charge in [0.2, 0.25) is 0 Å². The van der Waals surface area contributed by atoms with Crippen molar-refractivity contribution < 1.29 is 8.42 Å². The summed E-state index contributed by atoms with van der Waals surface area (Å²) in [5.41, 5.74) is 5.61. The molecule has 0 aliphatic heterocycles. The van der Waals surface area contributed by atoms with E-state index in [-0.39, 0.29) is 21.4 Å². The maximum atomic E-state index is 11.9. The van der Waals surface area contributed by atoms with E-state index >= 15 is 0 Å². The summed E-state index contributed by atoms with van der Waals surface area (Å²) in [6.07, 6.45) is 3.87. The van der Waals surface area contributed by atoms with Crippen molar-refractivity contribution >= 4 is 33.1 Å². The second kappa shape index (κ2) is 4.22. The molecule has 0 atom stereocenters. The summed E-state index contributed by atoms with van der Waals surface area (Å²) in [6, 6.07) is 1.47. The van der Waals surface area contributed by atoms with E-state index in [0.29, 0.717) is 0 Å². The van der Waals surface area contributed by atoms with Gasteiger partial charge in [-0.1, -0.05) is 11.6 Å². The Kier molecular flexibility index (Phi) is 2.90. The lowest BCUT2D eigenvalue weighted by atomic mass is 10.4. The first-order chi connectivity index (χ1) is 8.00. The van der Waals surface area contributed by atoms with Gasteiger partial charge in [-0.05, 0) is 6.07 Å². The van der Waals surface area contributed by atoms with E-state index in [1.807, 2.05) is 0 Å². The molecule has 2 aromatic heterocycles. The predicted octanol–water partition coefficient (Wildman–Crippen LogP) is 0.841. The summed E-state index contributed by atoms with van der Waals surface area (Å²) in [4.78, 5) is 3.63. The maximum absolute atomic E-state index is 11.9. The highest BCUT2D eigenvalue weighted by Gasteiger charge is 2.20. The molecule has 0 saturated heterocycles. The van der Waals surface area contributed by atoms with Crippen molar-refractivity contribution in [1.82, 2.24) is 15.2 Å². The van der Waals surface area contributed by atoms with Crippen LogP contribution in [0, 0.1) is 0 Å². The Morgan fingerprint density at radius 3 is 2.76 bits per heavy atom. The molecule has 2 rings (SSSR count). The monoisotopic (exact) mass is 273 g/mol. The minimum atomic E-state index is -3.82. The molecule has 9 heteroatoms. The highest BCUT2D eigenvalue weighted by molar-refractivity contribution is 7.92. The number of nitrogens with one attached hydrogen (secondary N) is 2. The average Bonchev–Trinajstić information content (AvgIpc) is 2.68. The number of anilines is 2. The van der Waals surface area contributed by atoms with Crippen LogP contribution in [0.5, 0.6) is 0 Å². The largest absolute Gasteiger partial charge is 0.383 e. The zero-order valence-electron chi connectivity index (χ0n) is 8.38. The number of sulfonamides is 1. The molecule has 0 spiro atoms. The first-order valence-electron chi connectivity index (χ1n) is 4.42. The van der Waals surface area contributed by atoms with E-state index in [2.05, 4.69) is 19.9 Å². The minimum Gasteiger partial charge on any atom is -0.383 e. The Bertz CT molecular complexity index is 639. The van der Waals surface area contributed by atoms with E-state index in [9.17, 15) is 8.42 Å². The summed E-state index contributed by atoms with van der Waals surface area (Å²) in [7, 11) is -3.82. The van der Waals surface area contributed by atoms with Gasteiger partial charge in [-0.2, -0.15) is 5.10 Å². The van der Waals surface area contributed by atoms with E-state index in [0.717, 1.165) is 6.20 Å². The SMILES string of the molecule is Nc1[nH]ncc1S(=O)(=O)Nc1cnccc1Cl. The molecule has 0 bridgehead atoms. The molecule has 2 heterocycles. The topological polar surface area (TPSA) is 114 Å². The second-order valence-electron chi connectivity index (χ2n) is 3.11. The lowest BCUT2D eigenvalue weighted by Gasteiger charge is -2.07. The number of pyridine rings is 1. The molecule has 0 unspecified atom stereocenters. The van der Waals surface area contributed by atoms with E-state index < -0.39 is 10.0 Å². The lowest BCUT2D eigenvalue weighted by Crippen LogP contribution is -2.14. The molecular weight excluding hydrogens is 266 g/mol. The van der Waals surface area contributed by atoms with Gasteiger partial charge in [0.1, 0.15) is 10.7 Å². The Balaban J connectivity index is 2.37. The van der Waals surface area contributed by atoms with E-state index in [1.165, 1.54) is 18.5 Å². The van der Waals surface area contributed by atoms with Crippen LogP contribution in [0.25, 0.3) is 0 Å². The number of aromatic nitrogens is 3. The van der Waals surface area contributed by atoms with Gasteiger partial charge in [0.25, 0.3) is 10.0 Å². The van der Waals surface area contributed by atoms with Crippen molar-refractivity contribution in [1.29, 1.82) is 0 Å². The first-order valence-corrected chi connectivity index (χ1v) is 6.28. The first kappa shape index (κ1) is 11.7. The van der Waals surface area contributed by atoms with Crippen LogP contribution in [0.1, 0.15) is 0 Å². The Morgan fingerprint density at radius 2 is 2.18 bits per heavy atom. The molecule has 4 N–H and O–H groups in total. The van der Waals surface area contributed by atoms with Crippen LogP contribution in [0.3, 0.4) is 0 Å². The highest BCUT2D eigenvalue weighted by Crippen LogP contribution is 2.24. The van der Waals surface area contributed by atoms with E-state index in [1.54, 1.807) is 0 Å². The number of nitrogens with zero attached hydrogens (tertiary/aromatic N) is 2. The summed E-state index contributed by atoms with van der Waals surface area (Å²) in [6.45, 7) is 0. The second-order valence-corrected chi connectivity index (χ2v) is 5.17. The zero-order valence-corrected chi connectivity index (χ0v) is 9.96. The third kappa shape index (κ3) is 2.32. The van der Waals surface area contributed by atoms with E-state index in [4.69, 9.17) is 17.3 Å². The fraction of sp³-hybridized carbons (Fsp3) is 0. The van der Waals surface area contributed by atoms with Crippen LogP contribution >= 0.6 is 11.6 Å². The van der Waals surface area contributed by atoms with Gasteiger partial charge in [-0.15, -0.1) is 0 Å². The summed E-state index contributed by atoms with van der Waals surface area (Å²) < 4.78 is 26.1. The summed E-state index contributed by atoms with van der Waals surface area (Å²) >= 11 is 5.81. The summed E-state index contributed by atoms with van der Waals surface area (Å²) in [5.74, 6) is -0.0440. The summed E-state index contributed by atoms with van der Waals surface area (Å²) in [5, 5.41) is 6.11. The quantitative estimate of drug-likeness (QED) is 0.767. The molecule has 7 nitrogen and oxygen atoms in total. The predicted molar refractivity (Wildman–Crippen MR) is 63.1 cm³/mol. The average molecular weight is 274 g/mol. The standard InChI is InChI=1S/C8H8ClN5O2S/c9-5-1-2-11-3-6(5)14-17(15,16)7-4-12-13-8(7)10/h1-4,14H,(H3,10,12,13). The molecule has 0 aliphatic carbocycles. The number of nitrogens with two attached hydrogens (primary N) is 1. The number of hydrogen-bond donors (Lipinski definition) is 3. The van der Waals surface area contributed by atoms with Crippen molar-refractivity contribution in [2.24, 2.45) is 0 Å². The van der Waals surface area contributed by atoms with Gasteiger partial charge >= 0.3 is 0 Å². The third-order valence-corrected chi connectivity index (χ3v) is 3.66. The molecular formula is C8H8ClN5O2S. The maximum Gasteiger partial charge on any atom is 0.267 e. The molecule has 0 amide bonds. The van der Waals surface area contributed by atoms with Crippen molar-refractivity contribution in [2.45, 2.75) is 4.90 Å². The van der Waals surface area contributed by atoms with Gasteiger partial charge in [-0.3, -0.25) is 14.8 Å². The number of nitrogen functional groups attached to an aromatic ring is 1. The van der Waals surface area contributed by atoms with Crippen LogP contribution in [0.2, 0.25) is 5.02 Å². The normalized spacial score (nSPS) is 11.4. The fourth-order valence-electron chi connectivity index (χ4n) is 1.15. The van der Waals surface area contributed by atoms with Crippen LogP contribution in [-0.2, 0) is 10.0 Å². The van der Waals surface area contributed by atoms with Crippen LogP contribution < -0.4 is 10.5 Å².